The SMILES string of the molecule is CCOC(=O)c1cc2c(cn1)CNCC2C(C)C. The van der Waals surface area contributed by atoms with E-state index < -0.39 is 0 Å². The van der Waals surface area contributed by atoms with Gasteiger partial charge in [-0.2, -0.15) is 0 Å². The number of nitrogens with one attached hydrogen (secondary N) is 1. The predicted molar refractivity (Wildman–Crippen MR) is 69.5 cm³/mol. The zero-order chi connectivity index (χ0) is 13.1. The van der Waals surface area contributed by atoms with Crippen molar-refractivity contribution in [3.63, 3.8) is 0 Å². The van der Waals surface area contributed by atoms with Crippen molar-refractivity contribution in [2.45, 2.75) is 33.2 Å². The molecule has 0 spiro atoms. The van der Waals surface area contributed by atoms with Crippen LogP contribution >= 0.6 is 0 Å². The summed E-state index contributed by atoms with van der Waals surface area (Å²) in [7, 11) is 0. The molecule has 4 nitrogen and oxygen atoms in total. The minimum absolute atomic E-state index is 0.332. The van der Waals surface area contributed by atoms with Crippen molar-refractivity contribution in [1.29, 1.82) is 0 Å². The average Bonchev–Trinajstić information content (AvgIpc) is 2.37. The molecule has 4 heteroatoms. The molecule has 0 amide bonds. The van der Waals surface area contributed by atoms with E-state index in [9.17, 15) is 4.79 Å². The number of esters is 1. The maximum absolute atomic E-state index is 11.7. The lowest BCUT2D eigenvalue weighted by atomic mass is 9.83. The van der Waals surface area contributed by atoms with Crippen molar-refractivity contribution in [3.8, 4) is 0 Å². The number of rotatable bonds is 3. The maximum atomic E-state index is 11.7. The molecule has 0 saturated heterocycles. The van der Waals surface area contributed by atoms with E-state index >= 15 is 0 Å². The van der Waals surface area contributed by atoms with Crippen LogP contribution in [0.3, 0.4) is 0 Å². The lowest BCUT2D eigenvalue weighted by Crippen LogP contribution is -2.31. The van der Waals surface area contributed by atoms with E-state index in [4.69, 9.17) is 4.74 Å². The third-order valence-corrected chi connectivity index (χ3v) is 3.39. The molecule has 98 valence electrons. The minimum Gasteiger partial charge on any atom is -0.461 e. The van der Waals surface area contributed by atoms with Crippen LogP contribution in [0.1, 0.15) is 48.3 Å². The van der Waals surface area contributed by atoms with Gasteiger partial charge in [0.2, 0.25) is 0 Å². The molecule has 1 aromatic rings. The summed E-state index contributed by atoms with van der Waals surface area (Å²) in [6, 6.07) is 1.90. The number of carbonyl (C=O) groups is 1. The second kappa shape index (κ2) is 5.48. The van der Waals surface area contributed by atoms with E-state index in [0.717, 1.165) is 13.1 Å². The Balaban J connectivity index is 2.33. The number of hydrogen-bond donors (Lipinski definition) is 1. The fraction of sp³-hybridized carbons (Fsp3) is 0.571. The topological polar surface area (TPSA) is 51.2 Å². The van der Waals surface area contributed by atoms with E-state index in [2.05, 4.69) is 24.1 Å². The molecule has 1 aliphatic rings. The van der Waals surface area contributed by atoms with Gasteiger partial charge in [0.05, 0.1) is 6.61 Å². The van der Waals surface area contributed by atoms with Gasteiger partial charge in [0.1, 0.15) is 5.69 Å². The first kappa shape index (κ1) is 13.0. The summed E-state index contributed by atoms with van der Waals surface area (Å²) in [4.78, 5) is 15.9. The molecule has 0 saturated carbocycles. The summed E-state index contributed by atoms with van der Waals surface area (Å²) in [6.07, 6.45) is 1.79. The Bertz CT molecular complexity index is 443. The second-order valence-electron chi connectivity index (χ2n) is 4.97. The molecular weight excluding hydrogens is 228 g/mol. The van der Waals surface area contributed by atoms with Crippen molar-refractivity contribution >= 4 is 5.97 Å². The second-order valence-corrected chi connectivity index (χ2v) is 4.97. The van der Waals surface area contributed by atoms with Gasteiger partial charge in [0.15, 0.2) is 0 Å². The fourth-order valence-electron chi connectivity index (χ4n) is 2.38. The van der Waals surface area contributed by atoms with E-state index in [1.165, 1.54) is 11.1 Å². The van der Waals surface area contributed by atoms with E-state index in [1.807, 2.05) is 6.07 Å². The number of fused-ring (bicyclic) bond motifs is 1. The van der Waals surface area contributed by atoms with E-state index in [0.29, 0.717) is 24.1 Å². The lowest BCUT2D eigenvalue weighted by molar-refractivity contribution is 0.0519. The third kappa shape index (κ3) is 2.53. The summed E-state index contributed by atoms with van der Waals surface area (Å²) < 4.78 is 5.00. The Morgan fingerprint density at radius 2 is 2.39 bits per heavy atom. The van der Waals surface area contributed by atoms with Crippen LogP contribution in [0.4, 0.5) is 0 Å². The van der Waals surface area contributed by atoms with Crippen LogP contribution in [0.2, 0.25) is 0 Å². The fourth-order valence-corrected chi connectivity index (χ4v) is 2.38. The van der Waals surface area contributed by atoms with Crippen LogP contribution in [0, 0.1) is 5.92 Å². The molecule has 0 radical (unpaired) electrons. The summed E-state index contributed by atoms with van der Waals surface area (Å²) in [5, 5.41) is 3.39. The Morgan fingerprint density at radius 3 is 3.06 bits per heavy atom. The van der Waals surface area contributed by atoms with Crippen LogP contribution in [-0.2, 0) is 11.3 Å². The highest BCUT2D eigenvalue weighted by molar-refractivity contribution is 5.87. The molecule has 2 heterocycles. The van der Waals surface area contributed by atoms with Crippen molar-refractivity contribution in [3.05, 3.63) is 29.1 Å². The highest BCUT2D eigenvalue weighted by Gasteiger charge is 2.24. The van der Waals surface area contributed by atoms with Crippen LogP contribution in [0.5, 0.6) is 0 Å². The zero-order valence-corrected chi connectivity index (χ0v) is 11.2. The highest BCUT2D eigenvalue weighted by Crippen LogP contribution is 2.30. The normalized spacial score (nSPS) is 18.6. The quantitative estimate of drug-likeness (QED) is 0.832. The number of pyridine rings is 1. The van der Waals surface area contributed by atoms with Crippen molar-refractivity contribution in [2.75, 3.05) is 13.2 Å². The van der Waals surface area contributed by atoms with Crippen molar-refractivity contribution in [2.24, 2.45) is 5.92 Å². The molecule has 0 aliphatic carbocycles. The standard InChI is InChI=1S/C14H20N2O2/c1-4-18-14(17)13-5-11-10(7-16-13)6-15-8-12(11)9(2)3/h5,7,9,12,15H,4,6,8H2,1-3H3. The summed E-state index contributed by atoms with van der Waals surface area (Å²) >= 11 is 0. The Labute approximate surface area is 108 Å². The molecule has 0 bridgehead atoms. The Hall–Kier alpha value is -1.42. The summed E-state index contributed by atoms with van der Waals surface area (Å²) in [5.74, 6) is 0.639. The van der Waals surface area contributed by atoms with E-state index in [-0.39, 0.29) is 5.97 Å². The number of aromatic nitrogens is 1. The highest BCUT2D eigenvalue weighted by atomic mass is 16.5. The van der Waals surface area contributed by atoms with Gasteiger partial charge >= 0.3 is 5.97 Å². The van der Waals surface area contributed by atoms with Gasteiger partial charge < -0.3 is 10.1 Å². The molecule has 1 unspecified atom stereocenters. The van der Waals surface area contributed by atoms with Gasteiger partial charge in [0, 0.05) is 19.3 Å². The largest absolute Gasteiger partial charge is 0.461 e. The predicted octanol–water partition coefficient (Wildman–Crippen LogP) is 2.10. The minimum atomic E-state index is -0.332. The number of ether oxygens (including phenoxy) is 1. The van der Waals surface area contributed by atoms with Gasteiger partial charge in [-0.1, -0.05) is 13.8 Å². The Morgan fingerprint density at radius 1 is 1.61 bits per heavy atom. The number of hydrogen-bond acceptors (Lipinski definition) is 4. The molecule has 1 aliphatic heterocycles. The molecule has 2 rings (SSSR count). The Kier molecular flexibility index (Phi) is 3.97. The first-order valence-corrected chi connectivity index (χ1v) is 6.50. The van der Waals surface area contributed by atoms with Gasteiger partial charge in [-0.15, -0.1) is 0 Å². The van der Waals surface area contributed by atoms with Gasteiger partial charge in [-0.3, -0.25) is 0 Å². The van der Waals surface area contributed by atoms with E-state index in [1.54, 1.807) is 13.1 Å². The van der Waals surface area contributed by atoms with Crippen LogP contribution in [-0.4, -0.2) is 24.1 Å². The van der Waals surface area contributed by atoms with Gasteiger partial charge in [-0.25, -0.2) is 9.78 Å². The first-order chi connectivity index (χ1) is 8.63. The number of nitrogens with zero attached hydrogens (tertiary/aromatic N) is 1. The smallest absolute Gasteiger partial charge is 0.356 e. The molecule has 1 aromatic heterocycles. The lowest BCUT2D eigenvalue weighted by Gasteiger charge is -2.29. The van der Waals surface area contributed by atoms with Crippen LogP contribution in [0.15, 0.2) is 12.3 Å². The molecular formula is C14H20N2O2. The number of carbonyl (C=O) groups excluding carboxylic acids is 1. The molecule has 0 aromatic carbocycles. The van der Waals surface area contributed by atoms with Crippen LogP contribution in [0.25, 0.3) is 0 Å². The summed E-state index contributed by atoms with van der Waals surface area (Å²) in [5.41, 5.74) is 2.85. The maximum Gasteiger partial charge on any atom is 0.356 e. The van der Waals surface area contributed by atoms with Gasteiger partial charge in [-0.05, 0) is 36.0 Å². The van der Waals surface area contributed by atoms with Crippen molar-refractivity contribution in [1.82, 2.24) is 10.3 Å². The first-order valence-electron chi connectivity index (χ1n) is 6.50. The van der Waals surface area contributed by atoms with Crippen molar-refractivity contribution < 1.29 is 9.53 Å². The van der Waals surface area contributed by atoms with Gasteiger partial charge in [0.25, 0.3) is 0 Å². The zero-order valence-electron chi connectivity index (χ0n) is 11.2. The molecule has 1 atom stereocenters. The molecule has 1 N–H and O–H groups in total. The van der Waals surface area contributed by atoms with Crippen LogP contribution < -0.4 is 5.32 Å². The summed E-state index contributed by atoms with van der Waals surface area (Å²) in [6.45, 7) is 8.37. The third-order valence-electron chi connectivity index (χ3n) is 3.39. The molecule has 18 heavy (non-hydrogen) atoms. The monoisotopic (exact) mass is 248 g/mol. The average molecular weight is 248 g/mol. The molecule has 0 fully saturated rings.